The van der Waals surface area contributed by atoms with Crippen molar-refractivity contribution in [2.24, 2.45) is 4.99 Å². The van der Waals surface area contributed by atoms with Crippen molar-refractivity contribution in [2.75, 3.05) is 72.9 Å². The molecule has 21 heteroatoms. The van der Waals surface area contributed by atoms with Crippen LogP contribution in [0.15, 0.2) is 59.9 Å². The predicted molar refractivity (Wildman–Crippen MR) is 265 cm³/mol. The second-order valence-corrected chi connectivity index (χ2v) is 19.3. The Kier molecular flexibility index (Phi) is 15.9. The number of likely N-dealkylation sites (N-methyl/N-ethyl adjacent to an activating group) is 1. The van der Waals surface area contributed by atoms with E-state index in [1.165, 1.54) is 16.2 Å². The van der Waals surface area contributed by atoms with E-state index in [1.54, 1.807) is 29.1 Å². The van der Waals surface area contributed by atoms with E-state index in [0.717, 1.165) is 50.9 Å². The monoisotopic (exact) mass is 1020 g/mol. The smallest absolute Gasteiger partial charge is 0.305 e. The number of nitrogens with zero attached hydrogens (tertiary/aromatic N) is 9. The second kappa shape index (κ2) is 22.8. The topological polar surface area (TPSA) is 205 Å². The van der Waals surface area contributed by atoms with Gasteiger partial charge in [0, 0.05) is 79.0 Å². The number of hydrogen-bond donors (Lipinski definition) is 1. The molecule has 19 nitrogen and oxygen atoms in total. The predicted octanol–water partition coefficient (Wildman–Crippen LogP) is 4.45. The summed E-state index contributed by atoms with van der Waals surface area (Å²) in [5, 5.41) is 17.3. The van der Waals surface area contributed by atoms with Gasteiger partial charge in [-0.05, 0) is 63.6 Å². The standard InChI is InChI=1S/C51H55ClN10O9S/c1-32-42(72-51-46(32)47(35-10-12-36(52)13-11-35)54-39(48-57-56-33(2)62(48)51)28-44(64)59-20-18-58(3)19-21-59)15-9-34-29-53-60(30-34)17-5-8-45(65)71-27-25-69-23-22-68-24-26-70-41-7-4-6-37-38(41)31-61(50(37)67)40-14-16-43(63)55-49(40)66/h4,6-7,10-13,29-30,39-40H,5,8,14,16-28,31H2,1-3H3,(H,55,63,66)/t39-,40?/m0/s1. The van der Waals surface area contributed by atoms with Gasteiger partial charge in [-0.2, -0.15) is 5.10 Å². The summed E-state index contributed by atoms with van der Waals surface area (Å²) < 4.78 is 26.2. The zero-order valence-corrected chi connectivity index (χ0v) is 41.9. The molecule has 2 atom stereocenters. The maximum Gasteiger partial charge on any atom is 0.305 e. The highest BCUT2D eigenvalue weighted by atomic mass is 35.5. The number of rotatable bonds is 18. The molecule has 2 aromatic carbocycles. The number of aromatic nitrogens is 5. The number of piperidine rings is 1. The Morgan fingerprint density at radius 3 is 2.47 bits per heavy atom. The third kappa shape index (κ3) is 11.5. The van der Waals surface area contributed by atoms with Gasteiger partial charge in [0.1, 0.15) is 41.9 Å². The van der Waals surface area contributed by atoms with Crippen LogP contribution in [0.25, 0.3) is 5.00 Å². The molecular formula is C51H55ClN10O9S. The van der Waals surface area contributed by atoms with Crippen LogP contribution in [0.3, 0.4) is 0 Å². The molecule has 0 spiro atoms. The van der Waals surface area contributed by atoms with E-state index in [1.807, 2.05) is 53.8 Å². The summed E-state index contributed by atoms with van der Waals surface area (Å²) >= 11 is 7.86. The number of imide groups is 1. The van der Waals surface area contributed by atoms with Gasteiger partial charge in [0.05, 0.1) is 61.7 Å². The molecule has 376 valence electrons. The fraction of sp³-hybridized carbons (Fsp3) is 0.431. The number of aliphatic imine (C=N–C) groups is 1. The highest BCUT2D eigenvalue weighted by Crippen LogP contribution is 2.40. The van der Waals surface area contributed by atoms with Gasteiger partial charge in [0.25, 0.3) is 5.91 Å². The van der Waals surface area contributed by atoms with Crippen LogP contribution in [-0.4, -0.2) is 153 Å². The number of halogens is 1. The van der Waals surface area contributed by atoms with Crippen LogP contribution in [0.4, 0.5) is 0 Å². The number of amides is 4. The summed E-state index contributed by atoms with van der Waals surface area (Å²) in [5.41, 5.74) is 5.37. The van der Waals surface area contributed by atoms with Crippen molar-refractivity contribution >= 4 is 58.2 Å². The highest BCUT2D eigenvalue weighted by molar-refractivity contribution is 7.15. The van der Waals surface area contributed by atoms with Crippen molar-refractivity contribution in [2.45, 2.75) is 71.1 Å². The highest BCUT2D eigenvalue weighted by Gasteiger charge is 2.40. The minimum atomic E-state index is -0.696. The molecule has 0 saturated carbocycles. The molecule has 4 aliphatic heterocycles. The first kappa shape index (κ1) is 50.2. The van der Waals surface area contributed by atoms with Crippen molar-refractivity contribution in [3.8, 4) is 22.6 Å². The molecule has 72 heavy (non-hydrogen) atoms. The van der Waals surface area contributed by atoms with Crippen LogP contribution in [0.2, 0.25) is 5.02 Å². The van der Waals surface area contributed by atoms with E-state index in [-0.39, 0.29) is 82.3 Å². The molecule has 0 radical (unpaired) electrons. The molecule has 9 rings (SSSR count). The average molecular weight is 1020 g/mol. The maximum absolute atomic E-state index is 13.7. The van der Waals surface area contributed by atoms with Gasteiger partial charge in [-0.3, -0.25) is 43.5 Å². The lowest BCUT2D eigenvalue weighted by Crippen LogP contribution is -2.52. The summed E-state index contributed by atoms with van der Waals surface area (Å²) in [7, 11) is 2.06. The number of thiophene rings is 1. The largest absolute Gasteiger partial charge is 0.491 e. The van der Waals surface area contributed by atoms with Gasteiger partial charge in [-0.15, -0.1) is 21.5 Å². The molecule has 0 bridgehead atoms. The molecule has 0 aliphatic carbocycles. The van der Waals surface area contributed by atoms with Gasteiger partial charge in [0.15, 0.2) is 5.82 Å². The normalized spacial score (nSPS) is 17.6. The summed E-state index contributed by atoms with van der Waals surface area (Å²) in [4.78, 5) is 75.0. The Labute approximate surface area is 425 Å². The number of esters is 1. The van der Waals surface area contributed by atoms with Gasteiger partial charge in [-0.1, -0.05) is 41.6 Å². The van der Waals surface area contributed by atoms with Gasteiger partial charge >= 0.3 is 5.97 Å². The van der Waals surface area contributed by atoms with E-state index < -0.39 is 18.0 Å². The van der Waals surface area contributed by atoms with Crippen LogP contribution in [0, 0.1) is 25.7 Å². The number of benzene rings is 2. The Balaban J connectivity index is 0.711. The molecule has 4 aliphatic rings. The van der Waals surface area contributed by atoms with Crippen molar-refractivity contribution in [3.05, 3.63) is 110 Å². The fourth-order valence-corrected chi connectivity index (χ4v) is 10.4. The van der Waals surface area contributed by atoms with Gasteiger partial charge in [-0.25, -0.2) is 0 Å². The number of carbonyl (C=O) groups is 5. The summed E-state index contributed by atoms with van der Waals surface area (Å²) in [5.74, 6) is 7.16. The van der Waals surface area contributed by atoms with E-state index in [0.29, 0.717) is 72.8 Å². The minimum Gasteiger partial charge on any atom is -0.491 e. The maximum atomic E-state index is 13.7. The number of fused-ring (bicyclic) bond motifs is 4. The number of piperazine rings is 1. The molecule has 1 N–H and O–H groups in total. The second-order valence-electron chi connectivity index (χ2n) is 17.9. The van der Waals surface area contributed by atoms with Crippen molar-refractivity contribution in [3.63, 3.8) is 0 Å². The van der Waals surface area contributed by atoms with Crippen LogP contribution in [-0.2, 0) is 46.5 Å². The molecule has 5 aromatic rings. The first-order chi connectivity index (χ1) is 34.9. The number of ether oxygens (including phenoxy) is 4. The average Bonchev–Trinajstić information content (AvgIpc) is 4.13. The lowest BCUT2D eigenvalue weighted by Gasteiger charge is -2.33. The SMILES string of the molecule is Cc1c(C#Cc2cnn(CCCC(=O)OCCOCCOCCOc3cccc4c3CN(C3CCC(=O)NC3=O)C4=O)c2)sc2c1C(c1ccc(Cl)cc1)=N[C@@H](CC(=O)N1CCN(C)CC1)c1nnc(C)n1-2. The zero-order valence-electron chi connectivity index (χ0n) is 40.4. The molecule has 3 aromatic heterocycles. The molecule has 2 fully saturated rings. The Morgan fingerprint density at radius 1 is 0.931 bits per heavy atom. The van der Waals surface area contributed by atoms with Crippen LogP contribution in [0.5, 0.6) is 5.75 Å². The van der Waals surface area contributed by atoms with Crippen molar-refractivity contribution in [1.82, 2.24) is 44.6 Å². The number of carbonyl (C=O) groups excluding carboxylic acids is 5. The molecule has 4 amide bonds. The number of nitrogens with one attached hydrogen (secondary N) is 1. The lowest BCUT2D eigenvalue weighted by molar-refractivity contribution is -0.145. The van der Waals surface area contributed by atoms with E-state index in [9.17, 15) is 24.0 Å². The van der Waals surface area contributed by atoms with Crippen LogP contribution in [0.1, 0.15) is 92.8 Å². The van der Waals surface area contributed by atoms with E-state index in [2.05, 4.69) is 44.4 Å². The Bertz CT molecular complexity index is 2950. The van der Waals surface area contributed by atoms with Crippen molar-refractivity contribution in [1.29, 1.82) is 0 Å². The first-order valence-corrected chi connectivity index (χ1v) is 25.2. The molecule has 2 saturated heterocycles. The zero-order chi connectivity index (χ0) is 50.3. The molecular weight excluding hydrogens is 964 g/mol. The van der Waals surface area contributed by atoms with E-state index >= 15 is 0 Å². The number of aryl methyl sites for hydroxylation is 2. The number of hydrogen-bond acceptors (Lipinski definition) is 15. The lowest BCUT2D eigenvalue weighted by atomic mass is 9.99. The summed E-state index contributed by atoms with van der Waals surface area (Å²) in [6, 6.07) is 11.5. The summed E-state index contributed by atoms with van der Waals surface area (Å²) in [6.07, 6.45) is 4.94. The van der Waals surface area contributed by atoms with E-state index in [4.69, 9.17) is 35.5 Å². The Morgan fingerprint density at radius 2 is 1.69 bits per heavy atom. The van der Waals surface area contributed by atoms with Crippen LogP contribution < -0.4 is 10.1 Å². The first-order valence-electron chi connectivity index (χ1n) is 24.0. The molecule has 1 unspecified atom stereocenters. The third-order valence-corrected chi connectivity index (χ3v) is 14.4. The van der Waals surface area contributed by atoms with Gasteiger partial charge < -0.3 is 33.6 Å². The quantitative estimate of drug-likeness (QED) is 0.0559. The van der Waals surface area contributed by atoms with Crippen LogP contribution >= 0.6 is 22.9 Å². The van der Waals surface area contributed by atoms with Crippen molar-refractivity contribution < 1.29 is 42.9 Å². The minimum absolute atomic E-state index is 0.0370. The fourth-order valence-electron chi connectivity index (χ4n) is 9.07. The third-order valence-electron chi connectivity index (χ3n) is 13.0. The Hall–Kier alpha value is -6.76. The molecule has 7 heterocycles. The van der Waals surface area contributed by atoms with Gasteiger partial charge in [0.2, 0.25) is 17.7 Å². The summed E-state index contributed by atoms with van der Waals surface area (Å²) in [6.45, 7) is 9.14.